The van der Waals surface area contributed by atoms with Gasteiger partial charge in [0.1, 0.15) is 0 Å². The van der Waals surface area contributed by atoms with Crippen molar-refractivity contribution in [3.05, 3.63) is 65.2 Å². The standard InChI is InChI=1S/C19H20ClN3O2/c1-13(14-5-3-2-4-6-14)21-19(25)22-16-11-18(24)23(12-16)17-9-7-15(20)8-10-17/h2-10,13,16H,11-12H2,1H3,(H2,21,22,25)/t13-,16-/m0/s1. The number of halogens is 1. The average Bonchev–Trinajstić information content (AvgIpc) is 2.96. The van der Waals surface area contributed by atoms with Crippen molar-refractivity contribution in [2.45, 2.75) is 25.4 Å². The molecule has 5 nitrogen and oxygen atoms in total. The molecule has 2 aromatic carbocycles. The van der Waals surface area contributed by atoms with Gasteiger partial charge in [0.2, 0.25) is 5.91 Å². The molecule has 25 heavy (non-hydrogen) atoms. The zero-order valence-electron chi connectivity index (χ0n) is 13.9. The maximum atomic E-state index is 12.2. The molecular weight excluding hydrogens is 338 g/mol. The van der Waals surface area contributed by atoms with Gasteiger partial charge in [-0.05, 0) is 36.8 Å². The third-order valence-electron chi connectivity index (χ3n) is 4.25. The van der Waals surface area contributed by atoms with Gasteiger partial charge in [0.25, 0.3) is 0 Å². The van der Waals surface area contributed by atoms with E-state index in [1.54, 1.807) is 29.2 Å². The fourth-order valence-corrected chi connectivity index (χ4v) is 3.05. The van der Waals surface area contributed by atoms with Gasteiger partial charge < -0.3 is 15.5 Å². The highest BCUT2D eigenvalue weighted by atomic mass is 35.5. The fraction of sp³-hybridized carbons (Fsp3) is 0.263. The Labute approximate surface area is 152 Å². The van der Waals surface area contributed by atoms with Crippen LogP contribution in [0.4, 0.5) is 10.5 Å². The first-order valence-corrected chi connectivity index (χ1v) is 8.58. The van der Waals surface area contributed by atoms with E-state index < -0.39 is 0 Å². The van der Waals surface area contributed by atoms with Gasteiger partial charge in [-0.2, -0.15) is 0 Å². The lowest BCUT2D eigenvalue weighted by molar-refractivity contribution is -0.117. The van der Waals surface area contributed by atoms with E-state index in [1.165, 1.54) is 0 Å². The summed E-state index contributed by atoms with van der Waals surface area (Å²) in [5.41, 5.74) is 1.82. The first-order chi connectivity index (χ1) is 12.0. The molecule has 1 saturated heterocycles. The summed E-state index contributed by atoms with van der Waals surface area (Å²) in [6.07, 6.45) is 0.287. The van der Waals surface area contributed by atoms with Gasteiger partial charge in [-0.15, -0.1) is 0 Å². The van der Waals surface area contributed by atoms with Crippen molar-refractivity contribution < 1.29 is 9.59 Å². The number of carbonyl (C=O) groups excluding carboxylic acids is 2. The topological polar surface area (TPSA) is 61.4 Å². The highest BCUT2D eigenvalue weighted by Gasteiger charge is 2.31. The molecule has 0 unspecified atom stereocenters. The quantitative estimate of drug-likeness (QED) is 0.879. The predicted octanol–water partition coefficient (Wildman–Crippen LogP) is 3.51. The Bertz CT molecular complexity index is 749. The predicted molar refractivity (Wildman–Crippen MR) is 98.7 cm³/mol. The minimum absolute atomic E-state index is 0.0104. The molecule has 6 heteroatoms. The SMILES string of the molecule is C[C@H](NC(=O)N[C@H]1CC(=O)N(c2ccc(Cl)cc2)C1)c1ccccc1. The van der Waals surface area contributed by atoms with Crippen LogP contribution >= 0.6 is 11.6 Å². The van der Waals surface area contributed by atoms with Crippen LogP contribution in [0.3, 0.4) is 0 Å². The van der Waals surface area contributed by atoms with E-state index in [-0.39, 0.29) is 30.4 Å². The van der Waals surface area contributed by atoms with Gasteiger partial charge in [-0.3, -0.25) is 4.79 Å². The summed E-state index contributed by atoms with van der Waals surface area (Å²) in [5.74, 6) is -0.0104. The number of rotatable bonds is 4. The average molecular weight is 358 g/mol. The van der Waals surface area contributed by atoms with Crippen LogP contribution < -0.4 is 15.5 Å². The van der Waals surface area contributed by atoms with Crippen LogP contribution in [0.5, 0.6) is 0 Å². The van der Waals surface area contributed by atoms with Crippen LogP contribution in [0.1, 0.15) is 24.9 Å². The molecule has 1 heterocycles. The molecule has 0 bridgehead atoms. The third kappa shape index (κ3) is 4.31. The molecule has 2 N–H and O–H groups in total. The monoisotopic (exact) mass is 357 g/mol. The molecule has 0 aliphatic carbocycles. The molecule has 1 aliphatic rings. The van der Waals surface area contributed by atoms with Crippen molar-refractivity contribution in [2.24, 2.45) is 0 Å². The van der Waals surface area contributed by atoms with Crippen molar-refractivity contribution >= 4 is 29.2 Å². The van der Waals surface area contributed by atoms with E-state index in [2.05, 4.69) is 10.6 Å². The Morgan fingerprint density at radius 3 is 2.52 bits per heavy atom. The van der Waals surface area contributed by atoms with Gasteiger partial charge in [-0.25, -0.2) is 4.79 Å². The second-order valence-corrected chi connectivity index (χ2v) is 6.57. The van der Waals surface area contributed by atoms with E-state index in [1.807, 2.05) is 37.3 Å². The Balaban J connectivity index is 1.56. The smallest absolute Gasteiger partial charge is 0.315 e. The van der Waals surface area contributed by atoms with Crippen LogP contribution in [0.25, 0.3) is 0 Å². The molecule has 3 amide bonds. The van der Waals surface area contributed by atoms with E-state index in [0.29, 0.717) is 11.6 Å². The summed E-state index contributed by atoms with van der Waals surface area (Å²) in [6, 6.07) is 16.3. The van der Waals surface area contributed by atoms with Crippen molar-refractivity contribution in [1.29, 1.82) is 0 Å². The third-order valence-corrected chi connectivity index (χ3v) is 4.50. The summed E-state index contributed by atoms with van der Waals surface area (Å²) >= 11 is 5.88. The lowest BCUT2D eigenvalue weighted by atomic mass is 10.1. The molecule has 0 spiro atoms. The fourth-order valence-electron chi connectivity index (χ4n) is 2.92. The van der Waals surface area contributed by atoms with Crippen molar-refractivity contribution in [3.8, 4) is 0 Å². The largest absolute Gasteiger partial charge is 0.333 e. The van der Waals surface area contributed by atoms with Crippen molar-refractivity contribution in [1.82, 2.24) is 10.6 Å². The Kier molecular flexibility index (Phi) is 5.24. The lowest BCUT2D eigenvalue weighted by Crippen LogP contribution is -2.44. The van der Waals surface area contributed by atoms with E-state index in [4.69, 9.17) is 11.6 Å². The number of hydrogen-bond acceptors (Lipinski definition) is 2. The van der Waals surface area contributed by atoms with E-state index >= 15 is 0 Å². The van der Waals surface area contributed by atoms with Crippen molar-refractivity contribution in [3.63, 3.8) is 0 Å². The van der Waals surface area contributed by atoms with Crippen LogP contribution in [-0.2, 0) is 4.79 Å². The summed E-state index contributed by atoms with van der Waals surface area (Å²) < 4.78 is 0. The number of nitrogens with one attached hydrogen (secondary N) is 2. The van der Waals surface area contributed by atoms with Crippen LogP contribution in [0, 0.1) is 0 Å². The molecule has 1 fully saturated rings. The minimum Gasteiger partial charge on any atom is -0.333 e. The van der Waals surface area contributed by atoms with E-state index in [9.17, 15) is 9.59 Å². The number of hydrogen-bond donors (Lipinski definition) is 2. The number of carbonyl (C=O) groups is 2. The highest BCUT2D eigenvalue weighted by molar-refractivity contribution is 6.30. The molecule has 3 rings (SSSR count). The number of urea groups is 1. The Hall–Kier alpha value is -2.53. The first-order valence-electron chi connectivity index (χ1n) is 8.21. The number of nitrogens with zero attached hydrogens (tertiary/aromatic N) is 1. The molecular formula is C19H20ClN3O2. The van der Waals surface area contributed by atoms with E-state index in [0.717, 1.165) is 11.3 Å². The second kappa shape index (κ2) is 7.57. The van der Waals surface area contributed by atoms with Gasteiger partial charge in [0.05, 0.1) is 12.1 Å². The van der Waals surface area contributed by atoms with Crippen LogP contribution in [0.15, 0.2) is 54.6 Å². The Morgan fingerprint density at radius 2 is 1.84 bits per heavy atom. The van der Waals surface area contributed by atoms with Gasteiger partial charge >= 0.3 is 6.03 Å². The molecule has 0 radical (unpaired) electrons. The number of benzene rings is 2. The summed E-state index contributed by atoms with van der Waals surface area (Å²) in [7, 11) is 0. The summed E-state index contributed by atoms with van der Waals surface area (Å²) in [6.45, 7) is 2.38. The zero-order chi connectivity index (χ0) is 17.8. The number of amides is 3. The van der Waals surface area contributed by atoms with Gasteiger partial charge in [0.15, 0.2) is 0 Å². The van der Waals surface area contributed by atoms with Gasteiger partial charge in [0, 0.05) is 23.7 Å². The zero-order valence-corrected chi connectivity index (χ0v) is 14.7. The lowest BCUT2D eigenvalue weighted by Gasteiger charge is -2.19. The molecule has 0 saturated carbocycles. The van der Waals surface area contributed by atoms with Gasteiger partial charge in [-0.1, -0.05) is 41.9 Å². The first kappa shape index (κ1) is 17.3. The maximum absolute atomic E-state index is 12.2. The van der Waals surface area contributed by atoms with Crippen molar-refractivity contribution in [2.75, 3.05) is 11.4 Å². The number of anilines is 1. The van der Waals surface area contributed by atoms with Crippen LogP contribution in [-0.4, -0.2) is 24.5 Å². The minimum atomic E-state index is -0.271. The summed E-state index contributed by atoms with van der Waals surface area (Å²) in [5, 5.41) is 6.41. The maximum Gasteiger partial charge on any atom is 0.315 e. The molecule has 0 aromatic heterocycles. The second-order valence-electron chi connectivity index (χ2n) is 6.13. The Morgan fingerprint density at radius 1 is 1.16 bits per heavy atom. The normalized spacial score (nSPS) is 18.1. The molecule has 1 aliphatic heterocycles. The van der Waals surface area contributed by atoms with Crippen LogP contribution in [0.2, 0.25) is 5.02 Å². The molecule has 2 aromatic rings. The highest BCUT2D eigenvalue weighted by Crippen LogP contribution is 2.23. The molecule has 130 valence electrons. The molecule has 2 atom stereocenters. The summed E-state index contributed by atoms with van der Waals surface area (Å²) in [4.78, 5) is 26.1.